The quantitative estimate of drug-likeness (QED) is 0.927. The summed E-state index contributed by atoms with van der Waals surface area (Å²) in [5.74, 6) is -1.89. The van der Waals surface area contributed by atoms with Crippen LogP contribution < -0.4 is 0 Å². The van der Waals surface area contributed by atoms with E-state index in [0.717, 1.165) is 6.07 Å². The number of pyridine rings is 1. The average molecular weight is 270 g/mol. The fourth-order valence-electron chi connectivity index (χ4n) is 1.65. The molecule has 1 heterocycles. The summed E-state index contributed by atoms with van der Waals surface area (Å²) in [6.07, 6.45) is 0.321. The largest absolute Gasteiger partial charge is 0.386 e. The third-order valence-corrected chi connectivity index (χ3v) is 2.87. The normalized spacial score (nSPS) is 12.4. The Morgan fingerprint density at radius 2 is 2.00 bits per heavy atom. The van der Waals surface area contributed by atoms with Gasteiger partial charge in [0, 0.05) is 12.6 Å². The first-order valence-electron chi connectivity index (χ1n) is 5.31. The maximum absolute atomic E-state index is 13.4. The predicted octanol–water partition coefficient (Wildman–Crippen LogP) is 3.29. The fraction of sp³-hybridized carbons (Fsp3) is 0.154. The number of halogens is 3. The summed E-state index contributed by atoms with van der Waals surface area (Å²) < 4.78 is 26.5. The molecule has 2 nitrogen and oxygen atoms in total. The standard InChI is InChI=1S/C13H10ClF2NO/c14-9-4-2-6-17-13(9)11(18)7-8-3-1-5-10(15)12(8)16/h1-6,11,18H,7H2. The van der Waals surface area contributed by atoms with E-state index < -0.39 is 17.7 Å². The summed E-state index contributed by atoms with van der Waals surface area (Å²) in [4.78, 5) is 3.93. The lowest BCUT2D eigenvalue weighted by Crippen LogP contribution is -2.07. The van der Waals surface area contributed by atoms with Crippen molar-refractivity contribution in [3.8, 4) is 0 Å². The van der Waals surface area contributed by atoms with Gasteiger partial charge in [0.05, 0.1) is 10.7 Å². The van der Waals surface area contributed by atoms with Gasteiger partial charge in [0.15, 0.2) is 11.6 Å². The van der Waals surface area contributed by atoms with Crippen LogP contribution in [0.25, 0.3) is 0 Å². The molecule has 0 aliphatic rings. The van der Waals surface area contributed by atoms with Crippen LogP contribution in [0.1, 0.15) is 17.4 Å². The number of hydrogen-bond acceptors (Lipinski definition) is 2. The van der Waals surface area contributed by atoms with Crippen molar-refractivity contribution in [3.05, 3.63) is 64.4 Å². The molecule has 1 atom stereocenters. The van der Waals surface area contributed by atoms with Gasteiger partial charge >= 0.3 is 0 Å². The molecular weight excluding hydrogens is 260 g/mol. The SMILES string of the molecule is OC(Cc1cccc(F)c1F)c1ncccc1Cl. The number of aliphatic hydroxyl groups is 1. The first kappa shape index (κ1) is 12.9. The van der Waals surface area contributed by atoms with Gasteiger partial charge < -0.3 is 5.11 Å². The molecule has 0 aliphatic carbocycles. The average Bonchev–Trinajstić information content (AvgIpc) is 2.35. The molecular formula is C13H10ClF2NO. The monoisotopic (exact) mass is 269 g/mol. The van der Waals surface area contributed by atoms with Gasteiger partial charge in [-0.15, -0.1) is 0 Å². The van der Waals surface area contributed by atoms with Crippen LogP contribution in [0.4, 0.5) is 8.78 Å². The molecule has 1 aromatic carbocycles. The predicted molar refractivity (Wildman–Crippen MR) is 64.3 cm³/mol. The van der Waals surface area contributed by atoms with E-state index in [2.05, 4.69) is 4.98 Å². The molecule has 2 rings (SSSR count). The van der Waals surface area contributed by atoms with E-state index in [9.17, 15) is 13.9 Å². The molecule has 5 heteroatoms. The zero-order valence-electron chi connectivity index (χ0n) is 9.28. The summed E-state index contributed by atoms with van der Waals surface area (Å²) >= 11 is 5.87. The zero-order valence-corrected chi connectivity index (χ0v) is 10.0. The Hall–Kier alpha value is -1.52. The van der Waals surface area contributed by atoms with Gasteiger partial charge in [-0.3, -0.25) is 4.98 Å². The minimum absolute atomic E-state index is 0.0830. The molecule has 0 amide bonds. The van der Waals surface area contributed by atoms with Crippen LogP contribution in [0.5, 0.6) is 0 Å². The topological polar surface area (TPSA) is 33.1 Å². The van der Waals surface area contributed by atoms with E-state index in [1.165, 1.54) is 18.3 Å². The summed E-state index contributed by atoms with van der Waals surface area (Å²) in [5, 5.41) is 10.2. The van der Waals surface area contributed by atoms with E-state index in [1.807, 2.05) is 0 Å². The molecule has 0 saturated heterocycles. The Morgan fingerprint density at radius 1 is 1.22 bits per heavy atom. The first-order chi connectivity index (χ1) is 8.59. The number of aromatic nitrogens is 1. The third-order valence-electron chi connectivity index (χ3n) is 2.55. The van der Waals surface area contributed by atoms with Gasteiger partial charge in [0.25, 0.3) is 0 Å². The van der Waals surface area contributed by atoms with Crippen molar-refractivity contribution >= 4 is 11.6 Å². The Morgan fingerprint density at radius 3 is 2.72 bits per heavy atom. The molecule has 0 fully saturated rings. The molecule has 18 heavy (non-hydrogen) atoms. The minimum Gasteiger partial charge on any atom is -0.386 e. The lowest BCUT2D eigenvalue weighted by atomic mass is 10.0. The van der Waals surface area contributed by atoms with Crippen LogP contribution in [0.2, 0.25) is 5.02 Å². The smallest absolute Gasteiger partial charge is 0.162 e. The van der Waals surface area contributed by atoms with Gasteiger partial charge in [0.2, 0.25) is 0 Å². The van der Waals surface area contributed by atoms with Gasteiger partial charge in [-0.05, 0) is 23.8 Å². The summed E-state index contributed by atoms with van der Waals surface area (Å²) in [6.45, 7) is 0. The Balaban J connectivity index is 2.24. The molecule has 0 aliphatic heterocycles. The highest BCUT2D eigenvalue weighted by Crippen LogP contribution is 2.24. The van der Waals surface area contributed by atoms with Crippen molar-refractivity contribution in [2.24, 2.45) is 0 Å². The second kappa shape index (κ2) is 5.42. The van der Waals surface area contributed by atoms with E-state index in [1.54, 1.807) is 12.1 Å². The Kier molecular flexibility index (Phi) is 3.89. The maximum atomic E-state index is 13.4. The number of benzene rings is 1. The molecule has 94 valence electrons. The van der Waals surface area contributed by atoms with Crippen molar-refractivity contribution in [1.82, 2.24) is 4.98 Å². The van der Waals surface area contributed by atoms with Crippen LogP contribution in [-0.2, 0) is 6.42 Å². The molecule has 1 aromatic heterocycles. The van der Waals surface area contributed by atoms with Crippen LogP contribution in [0.3, 0.4) is 0 Å². The lowest BCUT2D eigenvalue weighted by molar-refractivity contribution is 0.172. The van der Waals surface area contributed by atoms with Crippen LogP contribution in [-0.4, -0.2) is 10.1 Å². The third kappa shape index (κ3) is 2.66. The fourth-order valence-corrected chi connectivity index (χ4v) is 1.90. The first-order valence-corrected chi connectivity index (χ1v) is 5.68. The highest BCUT2D eigenvalue weighted by atomic mass is 35.5. The summed E-state index contributed by atoms with van der Waals surface area (Å²) in [6, 6.07) is 7.04. The molecule has 2 aromatic rings. The summed E-state index contributed by atoms with van der Waals surface area (Å²) in [7, 11) is 0. The number of rotatable bonds is 3. The van der Waals surface area contributed by atoms with Crippen LogP contribution >= 0.6 is 11.6 Å². The Bertz CT molecular complexity index is 562. The molecule has 1 unspecified atom stereocenters. The maximum Gasteiger partial charge on any atom is 0.162 e. The van der Waals surface area contributed by atoms with Gasteiger partial charge in [-0.25, -0.2) is 8.78 Å². The summed E-state index contributed by atoms with van der Waals surface area (Å²) in [5.41, 5.74) is 0.340. The van der Waals surface area contributed by atoms with E-state index >= 15 is 0 Å². The number of aliphatic hydroxyl groups excluding tert-OH is 1. The minimum atomic E-state index is -1.07. The highest BCUT2D eigenvalue weighted by molar-refractivity contribution is 6.31. The second-order valence-electron chi connectivity index (χ2n) is 3.80. The van der Waals surface area contributed by atoms with Crippen molar-refractivity contribution in [3.63, 3.8) is 0 Å². The van der Waals surface area contributed by atoms with Crippen LogP contribution in [0.15, 0.2) is 36.5 Å². The Labute approximate surface area is 108 Å². The molecule has 0 spiro atoms. The molecule has 0 bridgehead atoms. The zero-order chi connectivity index (χ0) is 13.1. The van der Waals surface area contributed by atoms with Crippen molar-refractivity contribution in [1.29, 1.82) is 0 Å². The van der Waals surface area contributed by atoms with Gasteiger partial charge in [-0.1, -0.05) is 23.7 Å². The van der Waals surface area contributed by atoms with Gasteiger partial charge in [-0.2, -0.15) is 0 Å². The molecule has 0 radical (unpaired) electrons. The van der Waals surface area contributed by atoms with Crippen molar-refractivity contribution in [2.45, 2.75) is 12.5 Å². The van der Waals surface area contributed by atoms with E-state index in [4.69, 9.17) is 11.6 Å². The van der Waals surface area contributed by atoms with Crippen molar-refractivity contribution in [2.75, 3.05) is 0 Å². The number of hydrogen-bond donors (Lipinski definition) is 1. The van der Waals surface area contributed by atoms with E-state index in [-0.39, 0.29) is 17.7 Å². The molecule has 1 N–H and O–H groups in total. The van der Waals surface area contributed by atoms with Crippen molar-refractivity contribution < 1.29 is 13.9 Å². The highest BCUT2D eigenvalue weighted by Gasteiger charge is 2.17. The number of nitrogens with zero attached hydrogens (tertiary/aromatic N) is 1. The van der Waals surface area contributed by atoms with Gasteiger partial charge in [0.1, 0.15) is 6.10 Å². The second-order valence-corrected chi connectivity index (χ2v) is 4.21. The van der Waals surface area contributed by atoms with Crippen LogP contribution in [0, 0.1) is 11.6 Å². The lowest BCUT2D eigenvalue weighted by Gasteiger charge is -2.12. The van der Waals surface area contributed by atoms with E-state index in [0.29, 0.717) is 5.02 Å². The molecule has 0 saturated carbocycles.